The molecule has 170 valence electrons. The summed E-state index contributed by atoms with van der Waals surface area (Å²) >= 11 is 0. The molecule has 3 aromatic rings. The van der Waals surface area contributed by atoms with E-state index in [0.717, 1.165) is 10.9 Å². The topological polar surface area (TPSA) is 75.6 Å². The third kappa shape index (κ3) is 5.19. The van der Waals surface area contributed by atoms with Crippen LogP contribution in [-0.4, -0.2) is 41.6 Å². The van der Waals surface area contributed by atoms with Gasteiger partial charge in [-0.25, -0.2) is 9.18 Å². The number of amides is 3. The minimum atomic E-state index is -0.478. The van der Waals surface area contributed by atoms with Gasteiger partial charge in [0.25, 0.3) is 0 Å². The van der Waals surface area contributed by atoms with Crippen LogP contribution in [0.2, 0.25) is 0 Å². The summed E-state index contributed by atoms with van der Waals surface area (Å²) in [7, 11) is 1.40. The Morgan fingerprint density at radius 3 is 2.53 bits per heavy atom. The number of halogens is 1. The summed E-state index contributed by atoms with van der Waals surface area (Å²) in [4.78, 5) is 26.6. The number of ether oxygens (including phenoxy) is 1. The van der Waals surface area contributed by atoms with Crippen LogP contribution in [-0.2, 0) is 11.3 Å². The minimum Gasteiger partial charge on any atom is -0.494 e. The van der Waals surface area contributed by atoms with Gasteiger partial charge in [-0.2, -0.15) is 0 Å². The summed E-state index contributed by atoms with van der Waals surface area (Å²) in [5.74, 6) is -0.254. The van der Waals surface area contributed by atoms with E-state index in [1.54, 1.807) is 24.0 Å². The summed E-state index contributed by atoms with van der Waals surface area (Å²) in [6, 6.07) is 11.2. The second-order valence-corrected chi connectivity index (χ2v) is 7.50. The molecule has 0 radical (unpaired) electrons. The van der Waals surface area contributed by atoms with E-state index in [0.29, 0.717) is 24.3 Å². The number of carbonyl (C=O) groups excluding carboxylic acids is 2. The zero-order valence-electron chi connectivity index (χ0n) is 18.8. The molecule has 32 heavy (non-hydrogen) atoms. The molecule has 0 fully saturated rings. The predicted octanol–water partition coefficient (Wildman–Crippen LogP) is 4.54. The summed E-state index contributed by atoms with van der Waals surface area (Å²) in [5, 5.41) is 6.52. The predicted molar refractivity (Wildman–Crippen MR) is 123 cm³/mol. The lowest BCUT2D eigenvalue weighted by molar-refractivity contribution is -0.131. The van der Waals surface area contributed by atoms with Crippen LogP contribution in [0.1, 0.15) is 32.4 Å². The molecule has 0 aliphatic heterocycles. The number of benzene rings is 2. The van der Waals surface area contributed by atoms with Crippen molar-refractivity contribution in [1.82, 2.24) is 14.8 Å². The van der Waals surface area contributed by atoms with Gasteiger partial charge in [0.05, 0.1) is 13.2 Å². The van der Waals surface area contributed by atoms with Gasteiger partial charge in [-0.1, -0.05) is 6.07 Å². The fourth-order valence-corrected chi connectivity index (χ4v) is 3.64. The van der Waals surface area contributed by atoms with Crippen molar-refractivity contribution in [2.45, 2.75) is 33.4 Å². The van der Waals surface area contributed by atoms with Gasteiger partial charge in [0, 0.05) is 35.9 Å². The highest BCUT2D eigenvalue weighted by atomic mass is 19.1. The number of hydrogen-bond donors (Lipinski definition) is 2. The van der Waals surface area contributed by atoms with E-state index in [2.05, 4.69) is 10.6 Å². The van der Waals surface area contributed by atoms with E-state index < -0.39 is 17.9 Å². The SMILES string of the molecule is CCN(CC)C(=O)Cn1ccc2cc(NC(=O)NC(C)c3ccc(OC)c(F)c3)ccc21. The first-order valence-electron chi connectivity index (χ1n) is 10.6. The zero-order chi connectivity index (χ0) is 23.3. The van der Waals surface area contributed by atoms with Crippen LogP contribution >= 0.6 is 0 Å². The van der Waals surface area contributed by atoms with E-state index in [1.807, 2.05) is 42.8 Å². The Hall–Kier alpha value is -3.55. The first kappa shape index (κ1) is 23.1. The molecule has 7 nitrogen and oxygen atoms in total. The number of likely N-dealkylation sites (N-methyl/N-ethyl adjacent to an activating group) is 1. The Morgan fingerprint density at radius 1 is 1.12 bits per heavy atom. The lowest BCUT2D eigenvalue weighted by Gasteiger charge is -2.19. The van der Waals surface area contributed by atoms with E-state index in [1.165, 1.54) is 19.2 Å². The van der Waals surface area contributed by atoms with Gasteiger partial charge in [0.15, 0.2) is 11.6 Å². The number of urea groups is 1. The monoisotopic (exact) mass is 440 g/mol. The molecule has 1 unspecified atom stereocenters. The molecule has 0 aliphatic carbocycles. The number of nitrogens with zero attached hydrogens (tertiary/aromatic N) is 2. The fourth-order valence-electron chi connectivity index (χ4n) is 3.64. The number of carbonyl (C=O) groups is 2. The molecule has 0 saturated carbocycles. The molecule has 0 saturated heterocycles. The van der Waals surface area contributed by atoms with Gasteiger partial charge in [0.2, 0.25) is 5.91 Å². The third-order valence-electron chi connectivity index (χ3n) is 5.47. The lowest BCUT2D eigenvalue weighted by atomic mass is 10.1. The van der Waals surface area contributed by atoms with E-state index in [9.17, 15) is 14.0 Å². The van der Waals surface area contributed by atoms with Crippen LogP contribution < -0.4 is 15.4 Å². The second kappa shape index (κ2) is 10.2. The van der Waals surface area contributed by atoms with Crippen LogP contribution in [0, 0.1) is 5.82 Å². The number of rotatable bonds is 8. The fraction of sp³-hybridized carbons (Fsp3) is 0.333. The molecule has 1 atom stereocenters. The Balaban J connectivity index is 1.65. The Kier molecular flexibility index (Phi) is 7.35. The number of nitrogens with one attached hydrogen (secondary N) is 2. The number of aromatic nitrogens is 1. The number of methoxy groups -OCH3 is 1. The molecule has 0 aliphatic rings. The van der Waals surface area contributed by atoms with E-state index >= 15 is 0 Å². The first-order valence-corrected chi connectivity index (χ1v) is 10.6. The van der Waals surface area contributed by atoms with Crippen LogP contribution in [0.4, 0.5) is 14.9 Å². The van der Waals surface area contributed by atoms with Crippen LogP contribution in [0.3, 0.4) is 0 Å². The van der Waals surface area contributed by atoms with E-state index in [4.69, 9.17) is 4.74 Å². The molecule has 2 N–H and O–H groups in total. The number of fused-ring (bicyclic) bond motifs is 1. The van der Waals surface area contributed by atoms with Gasteiger partial charge < -0.3 is 24.8 Å². The summed E-state index contributed by atoms with van der Waals surface area (Å²) in [6.07, 6.45) is 1.87. The summed E-state index contributed by atoms with van der Waals surface area (Å²) in [6.45, 7) is 7.33. The summed E-state index contributed by atoms with van der Waals surface area (Å²) in [5.41, 5.74) is 2.17. The number of hydrogen-bond acceptors (Lipinski definition) is 3. The minimum absolute atomic E-state index is 0.0676. The zero-order valence-corrected chi connectivity index (χ0v) is 18.8. The van der Waals surface area contributed by atoms with Crippen molar-refractivity contribution in [3.05, 3.63) is 60.0 Å². The number of anilines is 1. The van der Waals surface area contributed by atoms with E-state index in [-0.39, 0.29) is 18.2 Å². The van der Waals surface area contributed by atoms with Gasteiger partial charge in [-0.3, -0.25) is 4.79 Å². The van der Waals surface area contributed by atoms with Crippen molar-refractivity contribution in [3.63, 3.8) is 0 Å². The van der Waals surface area contributed by atoms with Crippen molar-refractivity contribution in [2.75, 3.05) is 25.5 Å². The molecule has 0 spiro atoms. The highest BCUT2D eigenvalue weighted by Gasteiger charge is 2.14. The maximum Gasteiger partial charge on any atom is 0.319 e. The first-order chi connectivity index (χ1) is 15.4. The molecule has 8 heteroatoms. The molecule has 1 heterocycles. The van der Waals surface area contributed by atoms with Crippen LogP contribution in [0.5, 0.6) is 5.75 Å². The molecule has 0 bridgehead atoms. The quantitative estimate of drug-likeness (QED) is 0.540. The van der Waals surface area contributed by atoms with Crippen LogP contribution in [0.25, 0.3) is 10.9 Å². The standard InChI is InChI=1S/C24H29FN4O3/c1-5-28(6-2)23(30)15-29-12-11-18-13-19(8-9-21(18)29)27-24(31)26-16(3)17-7-10-22(32-4)20(25)14-17/h7-14,16H,5-6,15H2,1-4H3,(H2,26,27,31). The van der Waals surface area contributed by atoms with Gasteiger partial charge >= 0.3 is 6.03 Å². The Labute approximate surface area is 187 Å². The second-order valence-electron chi connectivity index (χ2n) is 7.50. The summed E-state index contributed by atoms with van der Waals surface area (Å²) < 4.78 is 20.8. The smallest absolute Gasteiger partial charge is 0.319 e. The maximum absolute atomic E-state index is 13.9. The van der Waals surface area contributed by atoms with Crippen molar-refractivity contribution >= 4 is 28.5 Å². The van der Waals surface area contributed by atoms with Crippen molar-refractivity contribution in [1.29, 1.82) is 0 Å². The molecule has 3 amide bonds. The Bertz CT molecular complexity index is 1110. The highest BCUT2D eigenvalue weighted by molar-refractivity contribution is 5.93. The normalized spacial score (nSPS) is 11.8. The van der Waals surface area contributed by atoms with Gasteiger partial charge in [-0.15, -0.1) is 0 Å². The average molecular weight is 441 g/mol. The van der Waals surface area contributed by atoms with Crippen LogP contribution in [0.15, 0.2) is 48.7 Å². The highest BCUT2D eigenvalue weighted by Crippen LogP contribution is 2.23. The molecule has 3 rings (SSSR count). The molecule has 2 aromatic carbocycles. The third-order valence-corrected chi connectivity index (χ3v) is 5.47. The van der Waals surface area contributed by atoms with Crippen molar-refractivity contribution in [3.8, 4) is 5.75 Å². The maximum atomic E-state index is 13.9. The average Bonchev–Trinajstić information content (AvgIpc) is 3.16. The largest absolute Gasteiger partial charge is 0.494 e. The van der Waals surface area contributed by atoms with Gasteiger partial charge in [0.1, 0.15) is 6.54 Å². The van der Waals surface area contributed by atoms with Crippen molar-refractivity contribution < 1.29 is 18.7 Å². The van der Waals surface area contributed by atoms with Crippen molar-refractivity contribution in [2.24, 2.45) is 0 Å². The lowest BCUT2D eigenvalue weighted by Crippen LogP contribution is -2.33. The molecular weight excluding hydrogens is 411 g/mol. The van der Waals surface area contributed by atoms with Gasteiger partial charge in [-0.05, 0) is 62.7 Å². The molecule has 1 aromatic heterocycles. The Morgan fingerprint density at radius 2 is 1.88 bits per heavy atom. The molecular formula is C24H29FN4O3.